The summed E-state index contributed by atoms with van der Waals surface area (Å²) >= 11 is 3.29. The number of methoxy groups -OCH3 is 1. The zero-order valence-corrected chi connectivity index (χ0v) is 11.4. The average Bonchev–Trinajstić information content (AvgIpc) is 2.20. The van der Waals surface area contributed by atoms with Gasteiger partial charge in [-0.25, -0.2) is 0 Å². The van der Waals surface area contributed by atoms with Crippen molar-refractivity contribution in [3.63, 3.8) is 0 Å². The Morgan fingerprint density at radius 1 is 1.44 bits per heavy atom. The fourth-order valence-electron chi connectivity index (χ4n) is 1.61. The Kier molecular flexibility index (Phi) is 4.62. The maximum Gasteiger partial charge on any atom is 0.172 e. The van der Waals surface area contributed by atoms with Crippen molar-refractivity contribution in [1.29, 1.82) is 0 Å². The van der Waals surface area contributed by atoms with Crippen molar-refractivity contribution >= 4 is 15.9 Å². The van der Waals surface area contributed by atoms with Crippen LogP contribution in [0.2, 0.25) is 0 Å². The summed E-state index contributed by atoms with van der Waals surface area (Å²) < 4.78 is 5.70. The molecule has 0 spiro atoms. The van der Waals surface area contributed by atoms with Crippen LogP contribution < -0.4 is 10.5 Å². The molecule has 0 amide bonds. The van der Waals surface area contributed by atoms with E-state index in [1.54, 1.807) is 6.07 Å². The molecule has 0 saturated heterocycles. The number of hydrogen-bond acceptors (Lipinski definition) is 3. The smallest absolute Gasteiger partial charge is 0.172 e. The van der Waals surface area contributed by atoms with Gasteiger partial charge in [0.05, 0.1) is 11.6 Å². The molecule has 0 aliphatic carbocycles. The predicted molar refractivity (Wildman–Crippen MR) is 68.7 cm³/mol. The normalized spacial score (nSPS) is 12.9. The monoisotopic (exact) mass is 287 g/mol. The van der Waals surface area contributed by atoms with Gasteiger partial charge in [0.1, 0.15) is 0 Å². The van der Waals surface area contributed by atoms with Crippen LogP contribution in [-0.4, -0.2) is 12.2 Å². The number of halogens is 1. The second-order valence-corrected chi connectivity index (χ2v) is 5.14. The van der Waals surface area contributed by atoms with Gasteiger partial charge < -0.3 is 15.6 Å². The highest BCUT2D eigenvalue weighted by molar-refractivity contribution is 9.10. The molecule has 0 fully saturated rings. The highest BCUT2D eigenvalue weighted by atomic mass is 79.9. The van der Waals surface area contributed by atoms with E-state index in [1.165, 1.54) is 7.11 Å². The number of phenolic OH excluding ortho intramolecular Hbond substituents is 1. The molecule has 0 heterocycles. The minimum atomic E-state index is -0.0363. The number of nitrogens with two attached hydrogens (primary N) is 1. The SMILES string of the molecule is COc1cc([C@@H](N)CC(C)C)cc(Br)c1O. The van der Waals surface area contributed by atoms with E-state index in [9.17, 15) is 5.11 Å². The number of aromatic hydroxyl groups is 1. The minimum absolute atomic E-state index is 0.0363. The zero-order valence-electron chi connectivity index (χ0n) is 9.83. The molecule has 3 N–H and O–H groups in total. The first-order valence-electron chi connectivity index (χ1n) is 5.27. The summed E-state index contributed by atoms with van der Waals surface area (Å²) in [5.41, 5.74) is 7.05. The molecule has 0 unspecified atom stereocenters. The van der Waals surface area contributed by atoms with Crippen molar-refractivity contribution in [1.82, 2.24) is 0 Å². The number of hydrogen-bond donors (Lipinski definition) is 2. The van der Waals surface area contributed by atoms with Crippen molar-refractivity contribution in [3.05, 3.63) is 22.2 Å². The topological polar surface area (TPSA) is 55.5 Å². The van der Waals surface area contributed by atoms with Gasteiger partial charge in [-0.1, -0.05) is 13.8 Å². The second-order valence-electron chi connectivity index (χ2n) is 4.29. The number of phenols is 1. The third-order valence-electron chi connectivity index (χ3n) is 2.42. The third kappa shape index (κ3) is 3.12. The summed E-state index contributed by atoms with van der Waals surface area (Å²) in [5, 5.41) is 9.67. The van der Waals surface area contributed by atoms with E-state index in [0.717, 1.165) is 12.0 Å². The fraction of sp³-hybridized carbons (Fsp3) is 0.500. The summed E-state index contributed by atoms with van der Waals surface area (Å²) in [7, 11) is 1.53. The van der Waals surface area contributed by atoms with E-state index in [0.29, 0.717) is 16.1 Å². The number of benzene rings is 1. The summed E-state index contributed by atoms with van der Waals surface area (Å²) in [6.07, 6.45) is 0.903. The number of ether oxygens (including phenoxy) is 1. The lowest BCUT2D eigenvalue weighted by molar-refractivity contribution is 0.370. The standard InChI is InChI=1S/C12H18BrNO2/c1-7(2)4-10(14)8-5-9(13)12(15)11(6-8)16-3/h5-7,10,15H,4,14H2,1-3H3/t10-/m0/s1. The van der Waals surface area contributed by atoms with Gasteiger partial charge in [-0.15, -0.1) is 0 Å². The molecule has 3 nitrogen and oxygen atoms in total. The van der Waals surface area contributed by atoms with Gasteiger partial charge in [0.15, 0.2) is 11.5 Å². The molecule has 0 aromatic heterocycles. The third-order valence-corrected chi connectivity index (χ3v) is 3.03. The first-order chi connectivity index (χ1) is 7.45. The Morgan fingerprint density at radius 3 is 2.56 bits per heavy atom. The van der Waals surface area contributed by atoms with Crippen LogP contribution in [0, 0.1) is 5.92 Å². The van der Waals surface area contributed by atoms with Crippen LogP contribution in [-0.2, 0) is 0 Å². The van der Waals surface area contributed by atoms with Gasteiger partial charge in [0.2, 0.25) is 0 Å². The average molecular weight is 288 g/mol. The molecule has 16 heavy (non-hydrogen) atoms. The van der Waals surface area contributed by atoms with E-state index in [4.69, 9.17) is 10.5 Å². The molecule has 0 aliphatic heterocycles. The molecule has 0 saturated carbocycles. The van der Waals surface area contributed by atoms with Crippen LogP contribution in [0.4, 0.5) is 0 Å². The van der Waals surface area contributed by atoms with Gasteiger partial charge in [0, 0.05) is 6.04 Å². The molecule has 4 heteroatoms. The summed E-state index contributed by atoms with van der Waals surface area (Å²) in [6, 6.07) is 3.59. The lowest BCUT2D eigenvalue weighted by Crippen LogP contribution is -2.13. The maximum atomic E-state index is 9.67. The van der Waals surface area contributed by atoms with Gasteiger partial charge in [-0.05, 0) is 46.0 Å². The van der Waals surface area contributed by atoms with E-state index in [2.05, 4.69) is 29.8 Å². The molecule has 1 atom stereocenters. The lowest BCUT2D eigenvalue weighted by atomic mass is 9.97. The highest BCUT2D eigenvalue weighted by Crippen LogP contribution is 2.37. The summed E-state index contributed by atoms with van der Waals surface area (Å²) in [4.78, 5) is 0. The Labute approximate surface area is 105 Å². The highest BCUT2D eigenvalue weighted by Gasteiger charge is 2.14. The molecule has 90 valence electrons. The van der Waals surface area contributed by atoms with E-state index in [1.807, 2.05) is 6.07 Å². The Balaban J connectivity index is 3.01. The molecule has 0 bridgehead atoms. The van der Waals surface area contributed by atoms with Crippen LogP contribution in [0.15, 0.2) is 16.6 Å². The Morgan fingerprint density at radius 2 is 2.06 bits per heavy atom. The fourth-order valence-corrected chi connectivity index (χ4v) is 2.07. The van der Waals surface area contributed by atoms with Crippen LogP contribution in [0.5, 0.6) is 11.5 Å². The zero-order chi connectivity index (χ0) is 12.3. The predicted octanol–water partition coefficient (Wildman–Crippen LogP) is 3.21. The molecular formula is C12H18BrNO2. The molecule has 0 aliphatic rings. The van der Waals surface area contributed by atoms with Crippen molar-refractivity contribution in [2.75, 3.05) is 7.11 Å². The maximum absolute atomic E-state index is 9.67. The van der Waals surface area contributed by atoms with Crippen molar-refractivity contribution in [2.24, 2.45) is 11.7 Å². The van der Waals surface area contributed by atoms with Crippen LogP contribution >= 0.6 is 15.9 Å². The first-order valence-corrected chi connectivity index (χ1v) is 6.07. The van der Waals surface area contributed by atoms with Crippen molar-refractivity contribution in [2.45, 2.75) is 26.3 Å². The van der Waals surface area contributed by atoms with Crippen molar-refractivity contribution in [3.8, 4) is 11.5 Å². The second kappa shape index (κ2) is 5.55. The van der Waals surface area contributed by atoms with E-state index in [-0.39, 0.29) is 11.8 Å². The quantitative estimate of drug-likeness (QED) is 0.894. The molecule has 1 rings (SSSR count). The molecular weight excluding hydrogens is 270 g/mol. The minimum Gasteiger partial charge on any atom is -0.503 e. The van der Waals surface area contributed by atoms with Crippen LogP contribution in [0.3, 0.4) is 0 Å². The first kappa shape index (κ1) is 13.3. The summed E-state index contributed by atoms with van der Waals surface area (Å²) in [6.45, 7) is 4.26. The van der Waals surface area contributed by atoms with Crippen LogP contribution in [0.1, 0.15) is 31.9 Å². The van der Waals surface area contributed by atoms with Gasteiger partial charge in [-0.3, -0.25) is 0 Å². The Bertz CT molecular complexity index is 366. The molecule has 1 aromatic carbocycles. The molecule has 0 radical (unpaired) electrons. The van der Waals surface area contributed by atoms with E-state index >= 15 is 0 Å². The van der Waals surface area contributed by atoms with Gasteiger partial charge in [0.25, 0.3) is 0 Å². The van der Waals surface area contributed by atoms with Gasteiger partial charge in [-0.2, -0.15) is 0 Å². The molecule has 1 aromatic rings. The summed E-state index contributed by atoms with van der Waals surface area (Å²) in [5.74, 6) is 1.10. The van der Waals surface area contributed by atoms with Crippen LogP contribution in [0.25, 0.3) is 0 Å². The lowest BCUT2D eigenvalue weighted by Gasteiger charge is -2.16. The van der Waals surface area contributed by atoms with E-state index < -0.39 is 0 Å². The Hall–Kier alpha value is -0.740. The largest absolute Gasteiger partial charge is 0.503 e. The van der Waals surface area contributed by atoms with Gasteiger partial charge >= 0.3 is 0 Å². The number of rotatable bonds is 4. The van der Waals surface area contributed by atoms with Crippen molar-refractivity contribution < 1.29 is 9.84 Å².